The number of anilines is 1. The van der Waals surface area contributed by atoms with Crippen molar-refractivity contribution in [3.8, 4) is 5.75 Å². The third-order valence-electron chi connectivity index (χ3n) is 5.18. The lowest BCUT2D eigenvalue weighted by molar-refractivity contribution is -0.137. The zero-order valence-corrected chi connectivity index (χ0v) is 16.3. The van der Waals surface area contributed by atoms with Gasteiger partial charge in [-0.2, -0.15) is 13.2 Å². The second kappa shape index (κ2) is 7.89. The van der Waals surface area contributed by atoms with Gasteiger partial charge in [-0.3, -0.25) is 4.79 Å². The molecule has 4 rings (SSSR count). The Kier molecular flexibility index (Phi) is 5.28. The van der Waals surface area contributed by atoms with Crippen LogP contribution in [0.3, 0.4) is 0 Å². The Morgan fingerprint density at radius 3 is 2.70 bits per heavy atom. The minimum absolute atomic E-state index is 0.0361. The van der Waals surface area contributed by atoms with Crippen molar-refractivity contribution < 1.29 is 22.3 Å². The molecule has 0 spiro atoms. The van der Waals surface area contributed by atoms with E-state index < -0.39 is 11.7 Å². The quantitative estimate of drug-likeness (QED) is 0.575. The highest BCUT2D eigenvalue weighted by Crippen LogP contribution is 2.33. The van der Waals surface area contributed by atoms with E-state index in [0.717, 1.165) is 24.2 Å². The predicted molar refractivity (Wildman–Crippen MR) is 107 cm³/mol. The Bertz CT molecular complexity index is 1110. The molecule has 0 fully saturated rings. The van der Waals surface area contributed by atoms with Crippen LogP contribution in [0.2, 0.25) is 0 Å². The summed E-state index contributed by atoms with van der Waals surface area (Å²) in [6.45, 7) is 2.40. The third-order valence-corrected chi connectivity index (χ3v) is 5.18. The molecule has 7 heteroatoms. The minimum Gasteiger partial charge on any atom is -0.482 e. The summed E-state index contributed by atoms with van der Waals surface area (Å²) in [7, 11) is 0. The minimum atomic E-state index is -4.43. The molecule has 30 heavy (non-hydrogen) atoms. The molecule has 1 aromatic heterocycles. The van der Waals surface area contributed by atoms with Crippen molar-refractivity contribution in [2.75, 3.05) is 4.90 Å². The van der Waals surface area contributed by atoms with E-state index in [1.165, 1.54) is 30.0 Å². The van der Waals surface area contributed by atoms with Crippen LogP contribution < -0.4 is 15.1 Å². The van der Waals surface area contributed by atoms with Crippen LogP contribution in [0, 0.1) is 0 Å². The fraction of sp³-hybridized carbons (Fsp3) is 0.261. The van der Waals surface area contributed by atoms with E-state index >= 15 is 0 Å². The first kappa shape index (κ1) is 20.1. The molecule has 1 aliphatic rings. The summed E-state index contributed by atoms with van der Waals surface area (Å²) in [6.07, 6.45) is -2.28. The number of hydrogen-bond donors (Lipinski definition) is 0. The molecule has 2 aromatic carbocycles. The average molecular weight is 415 g/mol. The van der Waals surface area contributed by atoms with Crippen molar-refractivity contribution in [1.29, 1.82) is 0 Å². The van der Waals surface area contributed by atoms with Crippen LogP contribution in [0.25, 0.3) is 0 Å². The van der Waals surface area contributed by atoms with Gasteiger partial charge in [0.1, 0.15) is 18.6 Å². The van der Waals surface area contributed by atoms with Gasteiger partial charge in [0.25, 0.3) is 0 Å². The van der Waals surface area contributed by atoms with Gasteiger partial charge in [-0.1, -0.05) is 30.3 Å². The van der Waals surface area contributed by atoms with Crippen LogP contribution in [-0.2, 0) is 25.7 Å². The molecular formula is C23H20F3NO3. The van der Waals surface area contributed by atoms with E-state index in [9.17, 15) is 18.0 Å². The van der Waals surface area contributed by atoms with Gasteiger partial charge in [0.2, 0.25) is 11.2 Å². The Balaban J connectivity index is 1.45. The number of fused-ring (bicyclic) bond motifs is 1. The number of nitrogens with zero attached hydrogens (tertiary/aromatic N) is 1. The molecule has 156 valence electrons. The van der Waals surface area contributed by atoms with Gasteiger partial charge in [-0.15, -0.1) is 0 Å². The van der Waals surface area contributed by atoms with Gasteiger partial charge in [0, 0.05) is 17.8 Å². The second-order valence-corrected chi connectivity index (χ2v) is 7.37. The summed E-state index contributed by atoms with van der Waals surface area (Å²) in [6, 6.07) is 14.6. The second-order valence-electron chi connectivity index (χ2n) is 7.37. The van der Waals surface area contributed by atoms with E-state index in [4.69, 9.17) is 9.15 Å². The summed E-state index contributed by atoms with van der Waals surface area (Å²) in [5.41, 5.74) is 1.57. The summed E-state index contributed by atoms with van der Waals surface area (Å²) in [5, 5.41) is 0. The van der Waals surface area contributed by atoms with Crippen molar-refractivity contribution in [2.45, 2.75) is 38.7 Å². The van der Waals surface area contributed by atoms with E-state index in [1.54, 1.807) is 0 Å². The van der Waals surface area contributed by atoms with Crippen molar-refractivity contribution in [1.82, 2.24) is 0 Å². The number of hydrogen-bond acceptors (Lipinski definition) is 4. The standard InChI is InChI=1S/C23H20F3NO3/c1-15-9-17-6-2-3-8-20(17)27(15)12-19-11-21(28)22(14-29-19)30-13-16-5-4-7-18(10-16)23(24,25)26/h2-8,10-11,14-15H,9,12-13H2,1H3/t15-/m1/s1. The predicted octanol–water partition coefficient (Wildman–Crippen LogP) is 5.19. The van der Waals surface area contributed by atoms with Crippen molar-refractivity contribution >= 4 is 5.69 Å². The van der Waals surface area contributed by atoms with E-state index in [0.29, 0.717) is 17.9 Å². The Morgan fingerprint density at radius 2 is 1.93 bits per heavy atom. The number of rotatable bonds is 5. The maximum absolute atomic E-state index is 12.8. The number of benzene rings is 2. The molecule has 0 unspecified atom stereocenters. The molecule has 2 heterocycles. The summed E-state index contributed by atoms with van der Waals surface area (Å²) in [4.78, 5) is 14.6. The van der Waals surface area contributed by atoms with Crippen LogP contribution in [0.15, 0.2) is 70.1 Å². The highest BCUT2D eigenvalue weighted by atomic mass is 19.4. The zero-order chi connectivity index (χ0) is 21.3. The number of alkyl halides is 3. The lowest BCUT2D eigenvalue weighted by Crippen LogP contribution is -2.29. The summed E-state index contributed by atoms with van der Waals surface area (Å²) < 4.78 is 49.4. The first-order valence-electron chi connectivity index (χ1n) is 9.56. The molecule has 4 nitrogen and oxygen atoms in total. The number of ether oxygens (including phenoxy) is 1. The SMILES string of the molecule is C[C@@H]1Cc2ccccc2N1Cc1cc(=O)c(OCc2cccc(C(F)(F)F)c2)co1. The van der Waals surface area contributed by atoms with Crippen LogP contribution in [0.5, 0.6) is 5.75 Å². The van der Waals surface area contributed by atoms with E-state index in [-0.39, 0.29) is 23.8 Å². The van der Waals surface area contributed by atoms with Crippen molar-refractivity contribution in [3.63, 3.8) is 0 Å². The molecule has 0 saturated heterocycles. The van der Waals surface area contributed by atoms with Gasteiger partial charge < -0.3 is 14.1 Å². The molecule has 0 saturated carbocycles. The topological polar surface area (TPSA) is 42.7 Å². The molecule has 0 radical (unpaired) electrons. The van der Waals surface area contributed by atoms with Gasteiger partial charge in [-0.25, -0.2) is 0 Å². The van der Waals surface area contributed by atoms with Gasteiger partial charge in [-0.05, 0) is 42.7 Å². The molecule has 1 atom stereocenters. The monoisotopic (exact) mass is 415 g/mol. The lowest BCUT2D eigenvalue weighted by Gasteiger charge is -2.24. The molecule has 0 bridgehead atoms. The van der Waals surface area contributed by atoms with Crippen LogP contribution in [-0.4, -0.2) is 6.04 Å². The smallest absolute Gasteiger partial charge is 0.416 e. The largest absolute Gasteiger partial charge is 0.482 e. The fourth-order valence-electron chi connectivity index (χ4n) is 3.66. The zero-order valence-electron chi connectivity index (χ0n) is 16.3. The summed E-state index contributed by atoms with van der Waals surface area (Å²) >= 11 is 0. The maximum Gasteiger partial charge on any atom is 0.416 e. The van der Waals surface area contributed by atoms with Crippen molar-refractivity contribution in [3.05, 3.63) is 93.5 Å². The lowest BCUT2D eigenvalue weighted by atomic mass is 10.1. The van der Waals surface area contributed by atoms with Gasteiger partial charge >= 0.3 is 6.18 Å². The van der Waals surface area contributed by atoms with Crippen LogP contribution in [0.4, 0.5) is 18.9 Å². The Labute approximate surface area is 171 Å². The first-order chi connectivity index (χ1) is 14.3. The Morgan fingerprint density at radius 1 is 1.13 bits per heavy atom. The van der Waals surface area contributed by atoms with E-state index in [2.05, 4.69) is 17.9 Å². The van der Waals surface area contributed by atoms with Crippen LogP contribution in [0.1, 0.15) is 29.4 Å². The van der Waals surface area contributed by atoms with Crippen LogP contribution >= 0.6 is 0 Å². The maximum atomic E-state index is 12.8. The van der Waals surface area contributed by atoms with Gasteiger partial charge in [0.15, 0.2) is 0 Å². The molecular weight excluding hydrogens is 395 g/mol. The number of halogens is 3. The molecule has 0 aliphatic carbocycles. The molecule has 0 amide bonds. The Hall–Kier alpha value is -3.22. The summed E-state index contributed by atoms with van der Waals surface area (Å²) in [5.74, 6) is 0.459. The number of para-hydroxylation sites is 1. The molecule has 1 aliphatic heterocycles. The van der Waals surface area contributed by atoms with E-state index in [1.807, 2.05) is 18.2 Å². The first-order valence-corrected chi connectivity index (χ1v) is 9.56. The average Bonchev–Trinajstić information content (AvgIpc) is 3.02. The molecule has 3 aromatic rings. The van der Waals surface area contributed by atoms with Gasteiger partial charge in [0.05, 0.1) is 12.1 Å². The van der Waals surface area contributed by atoms with Crippen molar-refractivity contribution in [2.24, 2.45) is 0 Å². The third kappa shape index (κ3) is 4.20. The molecule has 0 N–H and O–H groups in total. The highest BCUT2D eigenvalue weighted by Gasteiger charge is 2.30. The highest BCUT2D eigenvalue weighted by molar-refractivity contribution is 5.59. The normalized spacial score (nSPS) is 15.9. The fourth-order valence-corrected chi connectivity index (χ4v) is 3.66.